The van der Waals surface area contributed by atoms with Gasteiger partial charge in [0.2, 0.25) is 0 Å². The van der Waals surface area contributed by atoms with Crippen molar-refractivity contribution in [3.05, 3.63) is 58.4 Å². The van der Waals surface area contributed by atoms with E-state index < -0.39 is 15.8 Å². The number of rotatable bonds is 5. The average molecular weight is 393 g/mol. The number of carboxylic acid groups (broad SMARTS) is 1. The van der Waals surface area contributed by atoms with Gasteiger partial charge in [0.05, 0.1) is 16.3 Å². The summed E-state index contributed by atoms with van der Waals surface area (Å²) in [6, 6.07) is 8.43. The molecule has 0 saturated heterocycles. The Morgan fingerprint density at radius 2 is 2.04 bits per heavy atom. The molecule has 0 fully saturated rings. The minimum Gasteiger partial charge on any atom is -0.481 e. The Balaban J connectivity index is 2.08. The summed E-state index contributed by atoms with van der Waals surface area (Å²) in [7, 11) is -3.39. The molecule has 0 radical (unpaired) electrons. The monoisotopic (exact) mass is 392 g/mol. The quantitative estimate of drug-likeness (QED) is 0.720. The standard InChI is InChI=1S/C18H17ClN2O4S/c1-11-14(9-17(22)23)13-4-3-7-20-18(13)21(11)10-12-5-6-16(15(19)8-12)26(2,24)25/h3-8H,9-10H2,1-2H3,(H,22,23). The van der Waals surface area contributed by atoms with Crippen molar-refractivity contribution in [1.29, 1.82) is 0 Å². The largest absolute Gasteiger partial charge is 0.481 e. The zero-order valence-electron chi connectivity index (χ0n) is 14.2. The Labute approximate surface area is 156 Å². The third kappa shape index (κ3) is 3.45. The van der Waals surface area contributed by atoms with E-state index in [1.54, 1.807) is 24.4 Å². The van der Waals surface area contributed by atoms with E-state index in [1.807, 2.05) is 17.6 Å². The summed E-state index contributed by atoms with van der Waals surface area (Å²) >= 11 is 6.13. The third-order valence-electron chi connectivity index (χ3n) is 4.27. The van der Waals surface area contributed by atoms with Gasteiger partial charge >= 0.3 is 5.97 Å². The molecule has 2 heterocycles. The first-order valence-corrected chi connectivity index (χ1v) is 10.1. The van der Waals surface area contributed by atoms with Crippen LogP contribution in [-0.2, 0) is 27.6 Å². The van der Waals surface area contributed by atoms with Gasteiger partial charge in [0.1, 0.15) is 5.65 Å². The molecule has 0 atom stereocenters. The molecule has 136 valence electrons. The fraction of sp³-hybridized carbons (Fsp3) is 0.222. The van der Waals surface area contributed by atoms with E-state index >= 15 is 0 Å². The van der Waals surface area contributed by atoms with Crippen molar-refractivity contribution < 1.29 is 18.3 Å². The summed E-state index contributed by atoms with van der Waals surface area (Å²) in [6.45, 7) is 2.26. The number of sulfone groups is 1. The molecule has 0 aliphatic heterocycles. The molecule has 2 aromatic heterocycles. The Bertz CT molecular complexity index is 1120. The molecule has 0 saturated carbocycles. The van der Waals surface area contributed by atoms with Crippen LogP contribution >= 0.6 is 11.6 Å². The number of carbonyl (C=O) groups is 1. The highest BCUT2D eigenvalue weighted by atomic mass is 35.5. The predicted molar refractivity (Wildman–Crippen MR) is 99.5 cm³/mol. The smallest absolute Gasteiger partial charge is 0.307 e. The maximum atomic E-state index is 11.7. The number of nitrogens with zero attached hydrogens (tertiary/aromatic N) is 2. The lowest BCUT2D eigenvalue weighted by molar-refractivity contribution is -0.136. The molecule has 1 aromatic carbocycles. The zero-order chi connectivity index (χ0) is 19.1. The van der Waals surface area contributed by atoms with Crippen LogP contribution in [0.4, 0.5) is 0 Å². The van der Waals surface area contributed by atoms with Crippen LogP contribution in [0.3, 0.4) is 0 Å². The van der Waals surface area contributed by atoms with Crippen LogP contribution in [0, 0.1) is 6.92 Å². The molecule has 3 aromatic rings. The van der Waals surface area contributed by atoms with E-state index in [-0.39, 0.29) is 16.3 Å². The van der Waals surface area contributed by atoms with Crippen LogP contribution < -0.4 is 0 Å². The number of hydrogen-bond acceptors (Lipinski definition) is 4. The number of aromatic nitrogens is 2. The van der Waals surface area contributed by atoms with Gasteiger partial charge in [-0.15, -0.1) is 0 Å². The number of fused-ring (bicyclic) bond motifs is 1. The van der Waals surface area contributed by atoms with Gasteiger partial charge in [-0.3, -0.25) is 4.79 Å². The molecule has 8 heteroatoms. The van der Waals surface area contributed by atoms with Crippen molar-refractivity contribution in [3.8, 4) is 0 Å². The molecule has 0 aliphatic rings. The normalized spacial score (nSPS) is 11.8. The Hall–Kier alpha value is -2.38. The van der Waals surface area contributed by atoms with Crippen molar-refractivity contribution in [1.82, 2.24) is 9.55 Å². The molecule has 0 amide bonds. The van der Waals surface area contributed by atoms with Crippen molar-refractivity contribution in [3.63, 3.8) is 0 Å². The van der Waals surface area contributed by atoms with E-state index in [9.17, 15) is 18.3 Å². The molecular formula is C18H17ClN2O4S. The predicted octanol–water partition coefficient (Wildman–Crippen LogP) is 3.08. The highest BCUT2D eigenvalue weighted by Crippen LogP contribution is 2.28. The molecule has 3 rings (SSSR count). The van der Waals surface area contributed by atoms with Crippen LogP contribution in [0.1, 0.15) is 16.8 Å². The molecule has 0 bridgehead atoms. The summed E-state index contributed by atoms with van der Waals surface area (Å²) in [5, 5.41) is 10.2. The van der Waals surface area contributed by atoms with Crippen LogP contribution in [0.25, 0.3) is 11.0 Å². The maximum Gasteiger partial charge on any atom is 0.307 e. The summed E-state index contributed by atoms with van der Waals surface area (Å²) in [4.78, 5) is 15.7. The lowest BCUT2D eigenvalue weighted by atomic mass is 10.1. The number of halogens is 1. The number of benzene rings is 1. The van der Waals surface area contributed by atoms with Gasteiger partial charge in [-0.2, -0.15) is 0 Å². The second-order valence-electron chi connectivity index (χ2n) is 6.13. The van der Waals surface area contributed by atoms with Gasteiger partial charge in [-0.1, -0.05) is 17.7 Å². The number of carboxylic acids is 1. The highest BCUT2D eigenvalue weighted by Gasteiger charge is 2.18. The lowest BCUT2D eigenvalue weighted by Crippen LogP contribution is -2.06. The van der Waals surface area contributed by atoms with Crippen molar-refractivity contribution >= 4 is 38.4 Å². The second kappa shape index (κ2) is 6.74. The van der Waals surface area contributed by atoms with Gasteiger partial charge in [-0.05, 0) is 42.3 Å². The minimum absolute atomic E-state index is 0.0849. The van der Waals surface area contributed by atoms with Crippen molar-refractivity contribution in [2.45, 2.75) is 24.8 Å². The fourth-order valence-corrected chi connectivity index (χ4v) is 4.41. The molecule has 0 unspecified atom stereocenters. The second-order valence-corrected chi connectivity index (χ2v) is 8.52. The van der Waals surface area contributed by atoms with Crippen molar-refractivity contribution in [2.24, 2.45) is 0 Å². The molecule has 26 heavy (non-hydrogen) atoms. The minimum atomic E-state index is -3.39. The first kappa shape index (κ1) is 18.4. The zero-order valence-corrected chi connectivity index (χ0v) is 15.8. The summed E-state index contributed by atoms with van der Waals surface area (Å²) in [5.74, 6) is -0.906. The van der Waals surface area contributed by atoms with Gasteiger partial charge in [-0.25, -0.2) is 13.4 Å². The Morgan fingerprint density at radius 3 is 2.65 bits per heavy atom. The summed E-state index contributed by atoms with van der Waals surface area (Å²) < 4.78 is 25.3. The summed E-state index contributed by atoms with van der Waals surface area (Å²) in [5.41, 5.74) is 3.02. The first-order chi connectivity index (χ1) is 12.2. The first-order valence-electron chi connectivity index (χ1n) is 7.81. The Kier molecular flexibility index (Phi) is 4.77. The topological polar surface area (TPSA) is 89.3 Å². The third-order valence-corrected chi connectivity index (χ3v) is 5.85. The number of aliphatic carboxylic acids is 1. The molecule has 1 N–H and O–H groups in total. The van der Waals surface area contributed by atoms with Gasteiger partial charge in [0.25, 0.3) is 0 Å². The average Bonchev–Trinajstić information content (AvgIpc) is 2.79. The van der Waals surface area contributed by atoms with Gasteiger partial charge in [0.15, 0.2) is 9.84 Å². The number of pyridine rings is 1. The van der Waals surface area contributed by atoms with Crippen LogP contribution in [0.2, 0.25) is 5.02 Å². The maximum absolute atomic E-state index is 11.7. The molecular weight excluding hydrogens is 376 g/mol. The molecule has 6 nitrogen and oxygen atoms in total. The van der Waals surface area contributed by atoms with Crippen molar-refractivity contribution in [2.75, 3.05) is 6.26 Å². The van der Waals surface area contributed by atoms with E-state index in [1.165, 1.54) is 6.07 Å². The van der Waals surface area contributed by atoms with E-state index in [0.717, 1.165) is 28.5 Å². The van der Waals surface area contributed by atoms with E-state index in [4.69, 9.17) is 11.6 Å². The number of hydrogen-bond donors (Lipinski definition) is 1. The van der Waals surface area contributed by atoms with Crippen LogP contribution in [0.5, 0.6) is 0 Å². The van der Waals surface area contributed by atoms with E-state index in [0.29, 0.717) is 12.2 Å². The Morgan fingerprint density at radius 1 is 1.31 bits per heavy atom. The van der Waals surface area contributed by atoms with E-state index in [2.05, 4.69) is 4.98 Å². The van der Waals surface area contributed by atoms with Crippen LogP contribution in [0.15, 0.2) is 41.4 Å². The lowest BCUT2D eigenvalue weighted by Gasteiger charge is -2.10. The van der Waals surface area contributed by atoms with Gasteiger partial charge < -0.3 is 9.67 Å². The fourth-order valence-electron chi connectivity index (χ4n) is 3.06. The summed E-state index contributed by atoms with van der Waals surface area (Å²) in [6.07, 6.45) is 2.68. The SMILES string of the molecule is Cc1c(CC(=O)O)c2cccnc2n1Cc1ccc(S(C)(=O)=O)c(Cl)c1. The molecule has 0 aliphatic carbocycles. The highest BCUT2D eigenvalue weighted by molar-refractivity contribution is 7.90. The van der Waals surface area contributed by atoms with Crippen LogP contribution in [-0.4, -0.2) is 35.3 Å². The molecule has 0 spiro atoms. The van der Waals surface area contributed by atoms with Gasteiger partial charge in [0, 0.05) is 30.1 Å².